The molecule has 1 saturated heterocycles. The van der Waals surface area contributed by atoms with Crippen LogP contribution >= 0.6 is 0 Å². The SMILES string of the molecule is CCC(c1ccccc1)N(C)C1CCCNC1. The van der Waals surface area contributed by atoms with Crippen molar-refractivity contribution in [2.45, 2.75) is 38.3 Å². The molecule has 1 heterocycles. The van der Waals surface area contributed by atoms with Crippen molar-refractivity contribution < 1.29 is 0 Å². The molecule has 1 aromatic rings. The Kier molecular flexibility index (Phi) is 4.57. The van der Waals surface area contributed by atoms with E-state index in [9.17, 15) is 0 Å². The van der Waals surface area contributed by atoms with E-state index >= 15 is 0 Å². The summed E-state index contributed by atoms with van der Waals surface area (Å²) in [5, 5.41) is 3.50. The van der Waals surface area contributed by atoms with Gasteiger partial charge in [0.1, 0.15) is 0 Å². The topological polar surface area (TPSA) is 15.3 Å². The quantitative estimate of drug-likeness (QED) is 0.858. The molecule has 2 nitrogen and oxygen atoms in total. The highest BCUT2D eigenvalue weighted by Crippen LogP contribution is 2.26. The standard InChI is InChI=1S/C15H24N2/c1-3-15(13-8-5-4-6-9-13)17(2)14-10-7-11-16-12-14/h4-6,8-9,14-16H,3,7,10-12H2,1-2H3. The molecule has 0 amide bonds. The van der Waals surface area contributed by atoms with Crippen LogP contribution in [-0.4, -0.2) is 31.1 Å². The van der Waals surface area contributed by atoms with Crippen LogP contribution in [0.1, 0.15) is 37.8 Å². The number of hydrogen-bond donors (Lipinski definition) is 1. The molecule has 0 aliphatic carbocycles. The molecule has 1 aliphatic rings. The first-order valence-electron chi connectivity index (χ1n) is 6.80. The van der Waals surface area contributed by atoms with Gasteiger partial charge in [0.25, 0.3) is 0 Å². The first-order chi connectivity index (χ1) is 8.33. The molecule has 1 N–H and O–H groups in total. The molecule has 0 bridgehead atoms. The molecule has 0 saturated carbocycles. The second-order valence-electron chi connectivity index (χ2n) is 5.00. The molecular formula is C15H24N2. The van der Waals surface area contributed by atoms with Crippen molar-refractivity contribution >= 4 is 0 Å². The molecule has 94 valence electrons. The summed E-state index contributed by atoms with van der Waals surface area (Å²) in [5.41, 5.74) is 1.45. The van der Waals surface area contributed by atoms with E-state index in [0.29, 0.717) is 12.1 Å². The zero-order chi connectivity index (χ0) is 12.1. The van der Waals surface area contributed by atoms with Crippen LogP contribution in [0.2, 0.25) is 0 Å². The van der Waals surface area contributed by atoms with Crippen molar-refractivity contribution in [3.8, 4) is 0 Å². The summed E-state index contributed by atoms with van der Waals surface area (Å²) in [6, 6.07) is 12.1. The van der Waals surface area contributed by atoms with Crippen molar-refractivity contribution in [1.82, 2.24) is 10.2 Å². The molecule has 2 heteroatoms. The minimum Gasteiger partial charge on any atom is -0.315 e. The molecule has 2 atom stereocenters. The van der Waals surface area contributed by atoms with E-state index in [1.807, 2.05) is 0 Å². The first-order valence-corrected chi connectivity index (χ1v) is 6.80. The molecule has 1 aromatic carbocycles. The Balaban J connectivity index is 2.07. The van der Waals surface area contributed by atoms with Crippen LogP contribution in [-0.2, 0) is 0 Å². The Labute approximate surface area is 105 Å². The number of nitrogens with zero attached hydrogens (tertiary/aromatic N) is 1. The summed E-state index contributed by atoms with van der Waals surface area (Å²) >= 11 is 0. The van der Waals surface area contributed by atoms with Gasteiger partial charge in [-0.25, -0.2) is 0 Å². The van der Waals surface area contributed by atoms with Gasteiger partial charge in [0, 0.05) is 18.6 Å². The molecule has 2 rings (SSSR count). The molecule has 1 aliphatic heterocycles. The molecule has 0 aromatic heterocycles. The largest absolute Gasteiger partial charge is 0.315 e. The van der Waals surface area contributed by atoms with Gasteiger partial charge in [-0.3, -0.25) is 4.90 Å². The maximum Gasteiger partial charge on any atom is 0.0345 e. The van der Waals surface area contributed by atoms with Gasteiger partial charge in [-0.05, 0) is 38.4 Å². The van der Waals surface area contributed by atoms with Gasteiger partial charge in [-0.1, -0.05) is 37.3 Å². The Morgan fingerprint density at radius 2 is 2.12 bits per heavy atom. The third-order valence-electron chi connectivity index (χ3n) is 3.91. The van der Waals surface area contributed by atoms with E-state index in [0.717, 1.165) is 6.54 Å². The highest BCUT2D eigenvalue weighted by Gasteiger charge is 2.24. The van der Waals surface area contributed by atoms with Crippen LogP contribution in [0.25, 0.3) is 0 Å². The molecule has 2 unspecified atom stereocenters. The lowest BCUT2D eigenvalue weighted by molar-refractivity contribution is 0.143. The predicted molar refractivity (Wildman–Crippen MR) is 73.1 cm³/mol. The molecule has 17 heavy (non-hydrogen) atoms. The smallest absolute Gasteiger partial charge is 0.0345 e. The van der Waals surface area contributed by atoms with E-state index in [4.69, 9.17) is 0 Å². The second kappa shape index (κ2) is 6.18. The summed E-state index contributed by atoms with van der Waals surface area (Å²) in [5.74, 6) is 0. The van der Waals surface area contributed by atoms with E-state index in [1.165, 1.54) is 31.4 Å². The Morgan fingerprint density at radius 1 is 1.35 bits per heavy atom. The highest BCUT2D eigenvalue weighted by molar-refractivity contribution is 5.19. The number of rotatable bonds is 4. The van der Waals surface area contributed by atoms with Crippen molar-refractivity contribution in [3.63, 3.8) is 0 Å². The van der Waals surface area contributed by atoms with Gasteiger partial charge in [-0.15, -0.1) is 0 Å². The lowest BCUT2D eigenvalue weighted by Crippen LogP contribution is -2.45. The van der Waals surface area contributed by atoms with Crippen LogP contribution < -0.4 is 5.32 Å². The number of hydrogen-bond acceptors (Lipinski definition) is 2. The van der Waals surface area contributed by atoms with E-state index < -0.39 is 0 Å². The number of nitrogens with one attached hydrogen (secondary N) is 1. The van der Waals surface area contributed by atoms with Gasteiger partial charge >= 0.3 is 0 Å². The first kappa shape index (κ1) is 12.6. The summed E-state index contributed by atoms with van der Waals surface area (Å²) in [7, 11) is 2.28. The van der Waals surface area contributed by atoms with Crippen LogP contribution in [0.3, 0.4) is 0 Å². The Morgan fingerprint density at radius 3 is 2.71 bits per heavy atom. The van der Waals surface area contributed by atoms with Gasteiger partial charge in [0.15, 0.2) is 0 Å². The van der Waals surface area contributed by atoms with Gasteiger partial charge < -0.3 is 5.32 Å². The predicted octanol–water partition coefficient (Wildman–Crippen LogP) is 2.82. The number of piperidine rings is 1. The lowest BCUT2D eigenvalue weighted by atomic mass is 9.98. The second-order valence-corrected chi connectivity index (χ2v) is 5.00. The fourth-order valence-corrected chi connectivity index (χ4v) is 2.87. The van der Waals surface area contributed by atoms with E-state index in [-0.39, 0.29) is 0 Å². The maximum absolute atomic E-state index is 3.50. The third-order valence-corrected chi connectivity index (χ3v) is 3.91. The van der Waals surface area contributed by atoms with Crippen molar-refractivity contribution in [3.05, 3.63) is 35.9 Å². The molecular weight excluding hydrogens is 208 g/mol. The van der Waals surface area contributed by atoms with Gasteiger partial charge in [0.05, 0.1) is 0 Å². The van der Waals surface area contributed by atoms with E-state index in [2.05, 4.69) is 54.5 Å². The summed E-state index contributed by atoms with van der Waals surface area (Å²) in [4.78, 5) is 2.56. The van der Waals surface area contributed by atoms with E-state index in [1.54, 1.807) is 0 Å². The monoisotopic (exact) mass is 232 g/mol. The van der Waals surface area contributed by atoms with Gasteiger partial charge in [0.2, 0.25) is 0 Å². The molecule has 0 spiro atoms. The van der Waals surface area contributed by atoms with Crippen LogP contribution in [0.4, 0.5) is 0 Å². The Hall–Kier alpha value is -0.860. The fraction of sp³-hybridized carbons (Fsp3) is 0.600. The summed E-state index contributed by atoms with van der Waals surface area (Å²) < 4.78 is 0. The van der Waals surface area contributed by atoms with Crippen LogP contribution in [0.15, 0.2) is 30.3 Å². The van der Waals surface area contributed by atoms with Crippen LogP contribution in [0.5, 0.6) is 0 Å². The highest BCUT2D eigenvalue weighted by atomic mass is 15.2. The van der Waals surface area contributed by atoms with Crippen molar-refractivity contribution in [1.29, 1.82) is 0 Å². The Bertz CT molecular complexity index is 317. The molecule has 1 fully saturated rings. The summed E-state index contributed by atoms with van der Waals surface area (Å²) in [6.07, 6.45) is 3.81. The lowest BCUT2D eigenvalue weighted by Gasteiger charge is -2.37. The number of likely N-dealkylation sites (N-methyl/N-ethyl adjacent to an activating group) is 1. The maximum atomic E-state index is 3.50. The molecule has 0 radical (unpaired) electrons. The van der Waals surface area contributed by atoms with Crippen molar-refractivity contribution in [2.24, 2.45) is 0 Å². The zero-order valence-electron chi connectivity index (χ0n) is 11.0. The number of benzene rings is 1. The summed E-state index contributed by atoms with van der Waals surface area (Å²) in [6.45, 7) is 4.61. The van der Waals surface area contributed by atoms with Gasteiger partial charge in [-0.2, -0.15) is 0 Å². The average molecular weight is 232 g/mol. The minimum atomic E-state index is 0.557. The average Bonchev–Trinajstić information content (AvgIpc) is 2.42. The van der Waals surface area contributed by atoms with Crippen LogP contribution in [0, 0.1) is 0 Å². The third kappa shape index (κ3) is 3.08. The zero-order valence-corrected chi connectivity index (χ0v) is 11.0. The fourth-order valence-electron chi connectivity index (χ4n) is 2.87. The van der Waals surface area contributed by atoms with Crippen molar-refractivity contribution in [2.75, 3.05) is 20.1 Å². The minimum absolute atomic E-state index is 0.557. The normalized spacial score (nSPS) is 22.6.